The maximum Gasteiger partial charge on any atom is 0.290 e. The van der Waals surface area contributed by atoms with Crippen molar-refractivity contribution in [3.05, 3.63) is 68.8 Å². The van der Waals surface area contributed by atoms with Gasteiger partial charge in [-0.3, -0.25) is 20.2 Å². The molecule has 0 radical (unpaired) electrons. The van der Waals surface area contributed by atoms with Gasteiger partial charge in [0.2, 0.25) is 5.82 Å². The number of aromatic nitrogens is 2. The predicted octanol–water partition coefficient (Wildman–Crippen LogP) is 3.70. The van der Waals surface area contributed by atoms with Crippen molar-refractivity contribution in [1.29, 1.82) is 0 Å². The SMILES string of the molecule is O=[N+]([O-])c1ccc(Sc2nc(-c3ccc([N+](=O)[O-])cc3)no2)cc1. The second kappa shape index (κ2) is 6.46. The molecule has 9 nitrogen and oxygen atoms in total. The van der Waals surface area contributed by atoms with Gasteiger partial charge in [0.05, 0.1) is 9.85 Å². The van der Waals surface area contributed by atoms with Crippen LogP contribution in [0.2, 0.25) is 0 Å². The summed E-state index contributed by atoms with van der Waals surface area (Å²) in [6.07, 6.45) is 0. The summed E-state index contributed by atoms with van der Waals surface area (Å²) >= 11 is 1.16. The van der Waals surface area contributed by atoms with E-state index in [1.165, 1.54) is 36.4 Å². The molecule has 0 N–H and O–H groups in total. The van der Waals surface area contributed by atoms with Crippen molar-refractivity contribution >= 4 is 23.1 Å². The highest BCUT2D eigenvalue weighted by molar-refractivity contribution is 7.99. The molecule has 0 unspecified atom stereocenters. The summed E-state index contributed by atoms with van der Waals surface area (Å²) in [5, 5.41) is 25.3. The van der Waals surface area contributed by atoms with Gasteiger partial charge in [-0.05, 0) is 36.0 Å². The van der Waals surface area contributed by atoms with Crippen LogP contribution in [0.25, 0.3) is 11.4 Å². The molecule has 0 amide bonds. The van der Waals surface area contributed by atoms with Gasteiger partial charge in [-0.2, -0.15) is 4.98 Å². The minimum atomic E-state index is -0.490. The summed E-state index contributed by atoms with van der Waals surface area (Å²) in [5.74, 6) is 0.300. The third-order valence-electron chi connectivity index (χ3n) is 3.00. The van der Waals surface area contributed by atoms with Crippen molar-refractivity contribution in [3.63, 3.8) is 0 Å². The van der Waals surface area contributed by atoms with Crippen LogP contribution in [0.5, 0.6) is 0 Å². The molecule has 3 aromatic rings. The highest BCUT2D eigenvalue weighted by Crippen LogP contribution is 2.29. The number of hydrogen-bond acceptors (Lipinski definition) is 8. The fourth-order valence-electron chi connectivity index (χ4n) is 1.84. The van der Waals surface area contributed by atoms with Gasteiger partial charge in [0, 0.05) is 34.7 Å². The maximum absolute atomic E-state index is 10.6. The van der Waals surface area contributed by atoms with Crippen LogP contribution in [-0.2, 0) is 0 Å². The van der Waals surface area contributed by atoms with E-state index < -0.39 is 9.85 Å². The smallest absolute Gasteiger partial charge is 0.290 e. The molecule has 0 aliphatic heterocycles. The molecule has 2 aromatic carbocycles. The molecule has 0 atom stereocenters. The van der Waals surface area contributed by atoms with E-state index in [1.54, 1.807) is 12.1 Å². The summed E-state index contributed by atoms with van der Waals surface area (Å²) in [6, 6.07) is 11.7. The van der Waals surface area contributed by atoms with Gasteiger partial charge in [-0.1, -0.05) is 5.16 Å². The van der Waals surface area contributed by atoms with E-state index in [2.05, 4.69) is 10.1 Å². The van der Waals surface area contributed by atoms with Gasteiger partial charge in [-0.15, -0.1) is 0 Å². The molecule has 0 saturated carbocycles. The second-order valence-corrected chi connectivity index (χ2v) is 5.57. The fourth-order valence-corrected chi connectivity index (χ4v) is 2.52. The normalized spacial score (nSPS) is 10.5. The first-order chi connectivity index (χ1) is 11.5. The summed E-state index contributed by atoms with van der Waals surface area (Å²) in [4.78, 5) is 25.2. The minimum Gasteiger partial charge on any atom is -0.327 e. The minimum absolute atomic E-state index is 0.00329. The molecule has 0 fully saturated rings. The zero-order chi connectivity index (χ0) is 17.1. The Labute approximate surface area is 138 Å². The standard InChI is InChI=1S/C14H8N4O5S/c19-17(20)10-3-1-9(2-4-10)13-15-14(23-16-13)24-12-7-5-11(6-8-12)18(21)22/h1-8H. The summed E-state index contributed by atoms with van der Waals surface area (Å²) < 4.78 is 5.11. The van der Waals surface area contributed by atoms with E-state index >= 15 is 0 Å². The summed E-state index contributed by atoms with van der Waals surface area (Å²) in [6.45, 7) is 0. The van der Waals surface area contributed by atoms with Crippen LogP contribution in [0.15, 0.2) is 63.2 Å². The monoisotopic (exact) mass is 344 g/mol. The molecule has 1 aromatic heterocycles. The molecule has 0 aliphatic carbocycles. The van der Waals surface area contributed by atoms with Crippen molar-refractivity contribution in [2.75, 3.05) is 0 Å². The van der Waals surface area contributed by atoms with Crippen LogP contribution in [0.4, 0.5) is 11.4 Å². The Kier molecular flexibility index (Phi) is 4.20. The van der Waals surface area contributed by atoms with Gasteiger partial charge in [0.15, 0.2) is 0 Å². The van der Waals surface area contributed by atoms with Gasteiger partial charge in [-0.25, -0.2) is 0 Å². The van der Waals surface area contributed by atoms with E-state index in [4.69, 9.17) is 4.52 Å². The Balaban J connectivity index is 1.75. The lowest BCUT2D eigenvalue weighted by atomic mass is 10.2. The van der Waals surface area contributed by atoms with Gasteiger partial charge in [0.25, 0.3) is 16.6 Å². The molecule has 1 heterocycles. The van der Waals surface area contributed by atoms with Crippen LogP contribution >= 0.6 is 11.8 Å². The number of non-ortho nitro benzene ring substituents is 2. The first-order valence-corrected chi connectivity index (χ1v) is 7.35. The Morgan fingerprint density at radius 1 is 0.875 bits per heavy atom. The van der Waals surface area contributed by atoms with Crippen LogP contribution in [0.1, 0.15) is 0 Å². The molecular formula is C14H8N4O5S. The quantitative estimate of drug-likeness (QED) is 0.506. The van der Waals surface area contributed by atoms with Crippen LogP contribution < -0.4 is 0 Å². The van der Waals surface area contributed by atoms with Crippen molar-refractivity contribution < 1.29 is 14.4 Å². The third kappa shape index (κ3) is 3.38. The first kappa shape index (κ1) is 15.6. The number of hydrogen-bond donors (Lipinski definition) is 0. The maximum atomic E-state index is 10.6. The lowest BCUT2D eigenvalue weighted by Gasteiger charge is -1.95. The zero-order valence-corrected chi connectivity index (χ0v) is 12.7. The Bertz CT molecular complexity index is 892. The van der Waals surface area contributed by atoms with Gasteiger partial charge >= 0.3 is 0 Å². The second-order valence-electron chi connectivity index (χ2n) is 4.54. The highest BCUT2D eigenvalue weighted by atomic mass is 32.2. The predicted molar refractivity (Wildman–Crippen MR) is 83.6 cm³/mol. The molecule has 3 rings (SSSR count). The zero-order valence-electron chi connectivity index (χ0n) is 11.9. The third-order valence-corrected chi connectivity index (χ3v) is 3.84. The molecule has 10 heteroatoms. The van der Waals surface area contributed by atoms with Crippen molar-refractivity contribution in [2.24, 2.45) is 0 Å². The molecular weight excluding hydrogens is 336 g/mol. The molecule has 0 aliphatic rings. The van der Waals surface area contributed by atoms with Crippen molar-refractivity contribution in [3.8, 4) is 11.4 Å². The lowest BCUT2D eigenvalue weighted by molar-refractivity contribution is -0.385. The average molecular weight is 344 g/mol. The Morgan fingerprint density at radius 2 is 1.42 bits per heavy atom. The van der Waals surface area contributed by atoms with Gasteiger partial charge < -0.3 is 4.52 Å². The Hall–Kier alpha value is -3.27. The van der Waals surface area contributed by atoms with Crippen LogP contribution in [0, 0.1) is 20.2 Å². The largest absolute Gasteiger partial charge is 0.327 e. The number of benzene rings is 2. The van der Waals surface area contributed by atoms with E-state index in [9.17, 15) is 20.2 Å². The molecule has 0 bridgehead atoms. The van der Waals surface area contributed by atoms with E-state index in [1.807, 2.05) is 0 Å². The van der Waals surface area contributed by atoms with E-state index in [0.29, 0.717) is 16.3 Å². The van der Waals surface area contributed by atoms with Crippen LogP contribution in [-0.4, -0.2) is 20.0 Å². The molecule has 0 saturated heterocycles. The molecule has 120 valence electrons. The highest BCUT2D eigenvalue weighted by Gasteiger charge is 2.13. The van der Waals surface area contributed by atoms with Gasteiger partial charge in [0.1, 0.15) is 0 Å². The number of nitro groups is 2. The van der Waals surface area contributed by atoms with E-state index in [-0.39, 0.29) is 16.6 Å². The van der Waals surface area contributed by atoms with Crippen molar-refractivity contribution in [1.82, 2.24) is 10.1 Å². The fraction of sp³-hybridized carbons (Fsp3) is 0. The average Bonchev–Trinajstić information content (AvgIpc) is 3.04. The van der Waals surface area contributed by atoms with Crippen LogP contribution in [0.3, 0.4) is 0 Å². The Morgan fingerprint density at radius 3 is 1.96 bits per heavy atom. The topological polar surface area (TPSA) is 125 Å². The lowest BCUT2D eigenvalue weighted by Crippen LogP contribution is -1.87. The number of rotatable bonds is 5. The first-order valence-electron chi connectivity index (χ1n) is 6.54. The molecule has 24 heavy (non-hydrogen) atoms. The van der Waals surface area contributed by atoms with E-state index in [0.717, 1.165) is 11.8 Å². The number of nitrogens with zero attached hydrogens (tertiary/aromatic N) is 4. The summed E-state index contributed by atoms with van der Waals surface area (Å²) in [7, 11) is 0. The molecule has 0 spiro atoms. The summed E-state index contributed by atoms with van der Waals surface area (Å²) in [5.41, 5.74) is 0.555. The van der Waals surface area contributed by atoms with Crippen molar-refractivity contribution in [2.45, 2.75) is 10.1 Å². The number of nitro benzene ring substituents is 2.